The summed E-state index contributed by atoms with van der Waals surface area (Å²) >= 11 is 1.63. The summed E-state index contributed by atoms with van der Waals surface area (Å²) in [5.41, 5.74) is 2.80. The van der Waals surface area contributed by atoms with Crippen molar-refractivity contribution in [3.8, 4) is 0 Å². The van der Waals surface area contributed by atoms with E-state index in [1.165, 1.54) is 0 Å². The van der Waals surface area contributed by atoms with Gasteiger partial charge in [-0.2, -0.15) is 0 Å². The first-order chi connectivity index (χ1) is 12.7. The first kappa shape index (κ1) is 16.5. The third-order valence-electron chi connectivity index (χ3n) is 4.18. The molecule has 0 N–H and O–H groups in total. The Morgan fingerprint density at radius 1 is 1.15 bits per heavy atom. The second-order valence-corrected chi connectivity index (χ2v) is 7.28. The Kier molecular flexibility index (Phi) is 4.50. The summed E-state index contributed by atoms with van der Waals surface area (Å²) in [6.45, 7) is 1.25. The van der Waals surface area contributed by atoms with Crippen LogP contribution in [0, 0.1) is 0 Å². The Labute approximate surface area is 155 Å². The summed E-state index contributed by atoms with van der Waals surface area (Å²) in [6, 6.07) is 15.8. The molecule has 2 heterocycles. The van der Waals surface area contributed by atoms with Gasteiger partial charge in [0.1, 0.15) is 5.01 Å². The number of benzene rings is 2. The van der Waals surface area contributed by atoms with Gasteiger partial charge in [0.2, 0.25) is 0 Å². The molecule has 0 aliphatic heterocycles. The van der Waals surface area contributed by atoms with Crippen LogP contribution in [0.2, 0.25) is 0 Å². The number of rotatable bonds is 5. The zero-order chi connectivity index (χ0) is 17.9. The largest absolute Gasteiger partial charge is 0.335 e. The van der Waals surface area contributed by atoms with Gasteiger partial charge < -0.3 is 9.47 Å². The van der Waals surface area contributed by atoms with Gasteiger partial charge in [-0.25, -0.2) is 9.97 Å². The summed E-state index contributed by atoms with van der Waals surface area (Å²) in [5.74, 6) is -0.00145. The maximum absolute atomic E-state index is 12.7. The van der Waals surface area contributed by atoms with E-state index in [1.54, 1.807) is 28.8 Å². The van der Waals surface area contributed by atoms with Gasteiger partial charge in [-0.15, -0.1) is 11.3 Å². The van der Waals surface area contributed by atoms with Gasteiger partial charge in [-0.05, 0) is 29.8 Å². The molecule has 0 saturated carbocycles. The van der Waals surface area contributed by atoms with Crippen molar-refractivity contribution in [3.63, 3.8) is 0 Å². The molecule has 0 radical (unpaired) electrons. The average molecular weight is 362 g/mol. The van der Waals surface area contributed by atoms with Crippen LogP contribution in [0.3, 0.4) is 0 Å². The molecule has 0 saturated heterocycles. The minimum absolute atomic E-state index is 0.00145. The molecule has 6 heteroatoms. The van der Waals surface area contributed by atoms with E-state index >= 15 is 0 Å². The Morgan fingerprint density at radius 2 is 1.96 bits per heavy atom. The van der Waals surface area contributed by atoms with Crippen LogP contribution >= 0.6 is 11.3 Å². The average Bonchev–Trinajstić information content (AvgIpc) is 3.30. The highest BCUT2D eigenvalue weighted by molar-refractivity contribution is 7.18. The Bertz CT molecular complexity index is 989. The summed E-state index contributed by atoms with van der Waals surface area (Å²) in [7, 11) is 1.81. The van der Waals surface area contributed by atoms with Gasteiger partial charge in [0.25, 0.3) is 5.91 Å². The first-order valence-electron chi connectivity index (χ1n) is 8.33. The third kappa shape index (κ3) is 3.50. The Balaban J connectivity index is 1.44. The molecule has 26 heavy (non-hydrogen) atoms. The summed E-state index contributed by atoms with van der Waals surface area (Å²) in [5, 5.41) is 0.943. The van der Waals surface area contributed by atoms with Gasteiger partial charge in [-0.1, -0.05) is 24.3 Å². The number of thiazole rings is 1. The normalized spacial score (nSPS) is 11.0. The number of nitrogens with zero attached hydrogens (tertiary/aromatic N) is 4. The fourth-order valence-corrected chi connectivity index (χ4v) is 3.85. The smallest absolute Gasteiger partial charge is 0.253 e. The standard InChI is InChI=1S/C20H18N4OS/c1-23(13-19-22-17-4-2-3-5-18(17)26-19)20(25)16-8-6-15(7-9-16)12-24-11-10-21-14-24/h2-11,14H,12-13H2,1H3. The Morgan fingerprint density at radius 3 is 2.69 bits per heavy atom. The van der Waals surface area contributed by atoms with Crippen molar-refractivity contribution in [2.45, 2.75) is 13.1 Å². The minimum atomic E-state index is -0.00145. The fourth-order valence-electron chi connectivity index (χ4n) is 2.83. The van der Waals surface area contributed by atoms with Gasteiger partial charge in [0.15, 0.2) is 0 Å². The molecule has 0 fully saturated rings. The number of carbonyl (C=O) groups excluding carboxylic acids is 1. The van der Waals surface area contributed by atoms with E-state index in [0.29, 0.717) is 12.1 Å². The van der Waals surface area contributed by atoms with Gasteiger partial charge in [-0.3, -0.25) is 4.79 Å². The van der Waals surface area contributed by atoms with Gasteiger partial charge >= 0.3 is 0 Å². The lowest BCUT2D eigenvalue weighted by Gasteiger charge is -2.16. The zero-order valence-corrected chi connectivity index (χ0v) is 15.2. The molecule has 1 amide bonds. The van der Waals surface area contributed by atoms with Crippen LogP contribution in [0.1, 0.15) is 20.9 Å². The van der Waals surface area contributed by atoms with Gasteiger partial charge in [0.05, 0.1) is 23.1 Å². The molecular weight excluding hydrogens is 344 g/mol. The molecule has 0 aliphatic carbocycles. The lowest BCUT2D eigenvalue weighted by molar-refractivity contribution is 0.0785. The lowest BCUT2D eigenvalue weighted by atomic mass is 10.1. The van der Waals surface area contributed by atoms with E-state index < -0.39 is 0 Å². The minimum Gasteiger partial charge on any atom is -0.335 e. The SMILES string of the molecule is CN(Cc1nc2ccccc2s1)C(=O)c1ccc(Cn2ccnc2)cc1. The van der Waals surface area contributed by atoms with Crippen LogP contribution in [-0.2, 0) is 13.1 Å². The number of para-hydroxylation sites is 1. The van der Waals surface area contributed by atoms with E-state index in [1.807, 2.05) is 60.3 Å². The molecule has 4 aromatic rings. The number of imidazole rings is 1. The van der Waals surface area contributed by atoms with E-state index in [2.05, 4.69) is 16.0 Å². The molecule has 0 aliphatic rings. The third-order valence-corrected chi connectivity index (χ3v) is 5.20. The van der Waals surface area contributed by atoms with Gasteiger partial charge in [0, 0.05) is 31.5 Å². The van der Waals surface area contributed by atoms with E-state index in [-0.39, 0.29) is 5.91 Å². The maximum Gasteiger partial charge on any atom is 0.253 e. The van der Waals surface area contributed by atoms with E-state index in [4.69, 9.17) is 0 Å². The monoisotopic (exact) mass is 362 g/mol. The van der Waals surface area contributed by atoms with Crippen LogP contribution in [0.5, 0.6) is 0 Å². The van der Waals surface area contributed by atoms with E-state index in [0.717, 1.165) is 27.3 Å². The van der Waals surface area contributed by atoms with Crippen LogP contribution < -0.4 is 0 Å². The molecule has 0 unspecified atom stereocenters. The number of fused-ring (bicyclic) bond motifs is 1. The number of hydrogen-bond donors (Lipinski definition) is 0. The molecule has 0 bridgehead atoms. The molecule has 0 atom stereocenters. The predicted octanol–water partition coefficient (Wildman–Crippen LogP) is 3.81. The van der Waals surface area contributed by atoms with E-state index in [9.17, 15) is 4.79 Å². The lowest BCUT2D eigenvalue weighted by Crippen LogP contribution is -2.26. The summed E-state index contributed by atoms with van der Waals surface area (Å²) in [4.78, 5) is 23.0. The highest BCUT2D eigenvalue weighted by Gasteiger charge is 2.14. The molecule has 2 aromatic heterocycles. The second-order valence-electron chi connectivity index (χ2n) is 6.17. The van der Waals surface area contributed by atoms with Crippen LogP contribution in [-0.4, -0.2) is 32.4 Å². The van der Waals surface area contributed by atoms with Crippen molar-refractivity contribution in [1.29, 1.82) is 0 Å². The molecule has 2 aromatic carbocycles. The fraction of sp³-hybridized carbons (Fsp3) is 0.150. The number of amides is 1. The first-order valence-corrected chi connectivity index (χ1v) is 9.15. The summed E-state index contributed by atoms with van der Waals surface area (Å²) < 4.78 is 3.14. The Hall–Kier alpha value is -2.99. The summed E-state index contributed by atoms with van der Waals surface area (Å²) in [6.07, 6.45) is 5.46. The molecule has 5 nitrogen and oxygen atoms in total. The van der Waals surface area contributed by atoms with Crippen molar-refractivity contribution in [2.24, 2.45) is 0 Å². The number of aromatic nitrogens is 3. The second kappa shape index (κ2) is 7.09. The quantitative estimate of drug-likeness (QED) is 0.542. The molecule has 0 spiro atoms. The van der Waals surface area contributed by atoms with Crippen molar-refractivity contribution < 1.29 is 4.79 Å². The highest BCUT2D eigenvalue weighted by Crippen LogP contribution is 2.22. The van der Waals surface area contributed by atoms with Crippen LogP contribution in [0.15, 0.2) is 67.3 Å². The van der Waals surface area contributed by atoms with Crippen molar-refractivity contribution >= 4 is 27.5 Å². The topological polar surface area (TPSA) is 51.0 Å². The number of hydrogen-bond acceptors (Lipinski definition) is 4. The van der Waals surface area contributed by atoms with Crippen LogP contribution in [0.4, 0.5) is 0 Å². The molecular formula is C20H18N4OS. The number of carbonyl (C=O) groups is 1. The van der Waals surface area contributed by atoms with Crippen molar-refractivity contribution in [3.05, 3.63) is 83.4 Å². The molecule has 130 valence electrons. The highest BCUT2D eigenvalue weighted by atomic mass is 32.1. The van der Waals surface area contributed by atoms with Crippen LogP contribution in [0.25, 0.3) is 10.2 Å². The molecule has 4 rings (SSSR count). The van der Waals surface area contributed by atoms with Crippen molar-refractivity contribution in [1.82, 2.24) is 19.4 Å². The predicted molar refractivity (Wildman–Crippen MR) is 103 cm³/mol. The van der Waals surface area contributed by atoms with Crippen molar-refractivity contribution in [2.75, 3.05) is 7.05 Å². The zero-order valence-electron chi connectivity index (χ0n) is 14.4. The maximum atomic E-state index is 12.7.